The van der Waals surface area contributed by atoms with E-state index >= 15 is 0 Å². The van der Waals surface area contributed by atoms with E-state index in [2.05, 4.69) is 64.7 Å². The summed E-state index contributed by atoms with van der Waals surface area (Å²) < 4.78 is 0. The van der Waals surface area contributed by atoms with E-state index in [1.54, 1.807) is 0 Å². The molecule has 5 heteroatoms. The third kappa shape index (κ3) is 3.46. The van der Waals surface area contributed by atoms with Crippen molar-refractivity contribution in [2.45, 2.75) is 39.2 Å². The van der Waals surface area contributed by atoms with Gasteiger partial charge in [-0.2, -0.15) is 5.10 Å². The van der Waals surface area contributed by atoms with Gasteiger partial charge in [0.05, 0.1) is 16.4 Å². The minimum atomic E-state index is 0.338. The Kier molecular flexibility index (Phi) is 4.97. The molecule has 0 saturated heterocycles. The predicted molar refractivity (Wildman–Crippen MR) is 122 cm³/mol. The Morgan fingerprint density at radius 2 is 1.97 bits per heavy atom. The van der Waals surface area contributed by atoms with E-state index in [0.29, 0.717) is 5.92 Å². The lowest BCUT2D eigenvalue weighted by Gasteiger charge is -2.17. The number of benzene rings is 2. The van der Waals surface area contributed by atoms with Crippen LogP contribution in [0.1, 0.15) is 42.9 Å². The van der Waals surface area contributed by atoms with Crippen LogP contribution in [0.3, 0.4) is 0 Å². The van der Waals surface area contributed by atoms with E-state index < -0.39 is 0 Å². The Labute approximate surface area is 176 Å². The Morgan fingerprint density at radius 1 is 1.10 bits per heavy atom. The van der Waals surface area contributed by atoms with Gasteiger partial charge in [-0.25, -0.2) is 4.98 Å². The van der Waals surface area contributed by atoms with E-state index in [4.69, 9.17) is 4.98 Å². The molecular formula is C25H27N5. The smallest absolute Gasteiger partial charge is 0.159 e. The number of imidazole rings is 1. The van der Waals surface area contributed by atoms with Crippen LogP contribution >= 0.6 is 0 Å². The summed E-state index contributed by atoms with van der Waals surface area (Å²) in [7, 11) is 0. The first-order valence-electron chi connectivity index (χ1n) is 10.8. The standard InChI is InChI=1S/C25H27N5/c1-3-16-11-17(15-26-4-2)13-19(12-16)18-9-10-21-20(14-18)24(30-29-21)25-27-22-7-5-6-8-23(22)28-25/h5-8,10-14,18,26,29H,3-4,9,15H2,1-2H3,(H,27,28). The lowest BCUT2D eigenvalue weighted by Crippen LogP contribution is -2.28. The molecule has 1 aliphatic rings. The topological polar surface area (TPSA) is 69.4 Å². The van der Waals surface area contributed by atoms with Crippen molar-refractivity contribution >= 4 is 23.2 Å². The lowest BCUT2D eigenvalue weighted by molar-refractivity contribution is 0.724. The average molecular weight is 398 g/mol. The van der Waals surface area contributed by atoms with Crippen molar-refractivity contribution in [1.82, 2.24) is 25.5 Å². The number of nitrogens with zero attached hydrogens (tertiary/aromatic N) is 2. The summed E-state index contributed by atoms with van der Waals surface area (Å²) in [6.07, 6.45) is 6.64. The molecule has 1 aliphatic carbocycles. The molecule has 2 aromatic heterocycles. The molecule has 0 amide bonds. The van der Waals surface area contributed by atoms with Gasteiger partial charge >= 0.3 is 0 Å². The summed E-state index contributed by atoms with van der Waals surface area (Å²) >= 11 is 0. The summed E-state index contributed by atoms with van der Waals surface area (Å²) in [6.45, 7) is 6.26. The molecule has 4 aromatic rings. The monoisotopic (exact) mass is 397 g/mol. The number of nitrogens with one attached hydrogen (secondary N) is 3. The average Bonchev–Trinajstić information content (AvgIpc) is 3.40. The highest BCUT2D eigenvalue weighted by Gasteiger charge is 2.17. The van der Waals surface area contributed by atoms with E-state index in [1.807, 2.05) is 24.3 Å². The highest BCUT2D eigenvalue weighted by Crippen LogP contribution is 2.26. The maximum Gasteiger partial charge on any atom is 0.159 e. The molecule has 2 heterocycles. The van der Waals surface area contributed by atoms with Crippen LogP contribution in [0.5, 0.6) is 0 Å². The molecule has 0 fully saturated rings. The molecule has 0 saturated carbocycles. The Bertz CT molecular complexity index is 1280. The van der Waals surface area contributed by atoms with Crippen molar-refractivity contribution in [1.29, 1.82) is 0 Å². The highest BCUT2D eigenvalue weighted by atomic mass is 15.1. The Morgan fingerprint density at radius 3 is 2.80 bits per heavy atom. The number of fused-ring (bicyclic) bond motifs is 2. The molecule has 0 aliphatic heterocycles. The van der Waals surface area contributed by atoms with Crippen molar-refractivity contribution in [3.8, 4) is 11.5 Å². The number of hydrogen-bond donors (Lipinski definition) is 3. The van der Waals surface area contributed by atoms with Crippen molar-refractivity contribution in [3.63, 3.8) is 0 Å². The molecule has 30 heavy (non-hydrogen) atoms. The molecule has 3 N–H and O–H groups in total. The SMILES string of the molecule is CCNCc1cc(CC)cc(C2C=c3c(-c4nc5ccccc5[nH]4)n[nH]c3=CC2)c1. The van der Waals surface area contributed by atoms with E-state index in [9.17, 15) is 0 Å². The summed E-state index contributed by atoms with van der Waals surface area (Å²) in [5.74, 6) is 1.15. The number of aromatic nitrogens is 4. The maximum absolute atomic E-state index is 4.76. The van der Waals surface area contributed by atoms with Gasteiger partial charge < -0.3 is 10.3 Å². The zero-order valence-corrected chi connectivity index (χ0v) is 17.5. The summed E-state index contributed by atoms with van der Waals surface area (Å²) in [4.78, 5) is 8.17. The molecule has 0 bridgehead atoms. The second kappa shape index (κ2) is 7.92. The second-order valence-electron chi connectivity index (χ2n) is 7.93. The van der Waals surface area contributed by atoms with Crippen LogP contribution in [-0.4, -0.2) is 26.7 Å². The van der Waals surface area contributed by atoms with E-state index in [1.165, 1.54) is 16.7 Å². The lowest BCUT2D eigenvalue weighted by atomic mass is 9.89. The van der Waals surface area contributed by atoms with Crippen molar-refractivity contribution in [3.05, 3.63) is 69.7 Å². The van der Waals surface area contributed by atoms with Crippen LogP contribution in [0, 0.1) is 0 Å². The predicted octanol–water partition coefficient (Wildman–Crippen LogP) is 3.37. The van der Waals surface area contributed by atoms with E-state index in [0.717, 1.165) is 59.1 Å². The number of hydrogen-bond acceptors (Lipinski definition) is 3. The van der Waals surface area contributed by atoms with E-state index in [-0.39, 0.29) is 0 Å². The fourth-order valence-electron chi connectivity index (χ4n) is 4.26. The van der Waals surface area contributed by atoms with Gasteiger partial charge in [0.25, 0.3) is 0 Å². The summed E-state index contributed by atoms with van der Waals surface area (Å²) in [6, 6.07) is 15.1. The largest absolute Gasteiger partial charge is 0.337 e. The van der Waals surface area contributed by atoms with Crippen LogP contribution in [0.25, 0.3) is 34.7 Å². The molecule has 0 spiro atoms. The van der Waals surface area contributed by atoms with Gasteiger partial charge in [-0.1, -0.05) is 56.3 Å². The zero-order chi connectivity index (χ0) is 20.5. The molecule has 152 valence electrons. The highest BCUT2D eigenvalue weighted by molar-refractivity contribution is 5.78. The maximum atomic E-state index is 4.76. The quantitative estimate of drug-likeness (QED) is 0.467. The van der Waals surface area contributed by atoms with Crippen molar-refractivity contribution in [2.75, 3.05) is 6.54 Å². The second-order valence-corrected chi connectivity index (χ2v) is 7.93. The Hall–Kier alpha value is -3.18. The number of H-pyrrole nitrogens is 2. The first kappa shape index (κ1) is 18.8. The van der Waals surface area contributed by atoms with Gasteiger partial charge in [0, 0.05) is 17.7 Å². The summed E-state index contributed by atoms with van der Waals surface area (Å²) in [5.41, 5.74) is 7.01. The molecule has 1 atom stereocenters. The number of para-hydroxylation sites is 2. The molecular weight excluding hydrogens is 370 g/mol. The minimum absolute atomic E-state index is 0.338. The molecule has 1 unspecified atom stereocenters. The van der Waals surface area contributed by atoms with Crippen LogP contribution in [-0.2, 0) is 13.0 Å². The normalized spacial score (nSPS) is 15.6. The van der Waals surface area contributed by atoms with Crippen LogP contribution in [0.4, 0.5) is 0 Å². The van der Waals surface area contributed by atoms with Gasteiger partial charge in [-0.3, -0.25) is 5.10 Å². The molecule has 2 aromatic carbocycles. The first-order chi connectivity index (χ1) is 14.7. The third-order valence-corrected chi connectivity index (χ3v) is 5.88. The van der Waals surface area contributed by atoms with Gasteiger partial charge in [-0.15, -0.1) is 0 Å². The fourth-order valence-corrected chi connectivity index (χ4v) is 4.26. The van der Waals surface area contributed by atoms with Gasteiger partial charge in [0.15, 0.2) is 5.82 Å². The molecule has 5 nitrogen and oxygen atoms in total. The molecule has 0 radical (unpaired) electrons. The minimum Gasteiger partial charge on any atom is -0.337 e. The zero-order valence-electron chi connectivity index (χ0n) is 17.5. The van der Waals surface area contributed by atoms with Gasteiger partial charge in [0.2, 0.25) is 0 Å². The molecule has 5 rings (SSSR count). The fraction of sp³-hybridized carbons (Fsp3) is 0.280. The Balaban J connectivity index is 1.56. The third-order valence-electron chi connectivity index (χ3n) is 5.88. The van der Waals surface area contributed by atoms with Crippen LogP contribution < -0.4 is 15.9 Å². The van der Waals surface area contributed by atoms with Crippen molar-refractivity contribution in [2.24, 2.45) is 0 Å². The number of rotatable bonds is 6. The first-order valence-corrected chi connectivity index (χ1v) is 10.8. The summed E-state index contributed by atoms with van der Waals surface area (Å²) in [5, 5.41) is 13.5. The van der Waals surface area contributed by atoms with Crippen molar-refractivity contribution < 1.29 is 0 Å². The number of aromatic amines is 2. The number of aryl methyl sites for hydroxylation is 1. The van der Waals surface area contributed by atoms with Gasteiger partial charge in [0.1, 0.15) is 5.69 Å². The van der Waals surface area contributed by atoms with Crippen LogP contribution in [0.2, 0.25) is 0 Å². The van der Waals surface area contributed by atoms with Gasteiger partial charge in [-0.05, 0) is 48.2 Å². The van der Waals surface area contributed by atoms with Crippen LogP contribution in [0.15, 0.2) is 42.5 Å².